The number of nitrogens with zero attached hydrogens (tertiary/aromatic N) is 2. The molecular weight excluding hydrogens is 300 g/mol. The Morgan fingerprint density at radius 1 is 1.21 bits per heavy atom. The van der Waals surface area contributed by atoms with Gasteiger partial charge in [0, 0.05) is 31.7 Å². The lowest BCUT2D eigenvalue weighted by atomic mass is 10.0. The van der Waals surface area contributed by atoms with Gasteiger partial charge < -0.3 is 4.74 Å². The molecule has 1 aromatic rings. The maximum Gasteiger partial charge on any atom is 0.410 e. The second-order valence-corrected chi connectivity index (χ2v) is 7.86. The Kier molecular flexibility index (Phi) is 6.27. The first-order valence-corrected chi connectivity index (χ1v) is 9.07. The number of ether oxygens (including phenoxy) is 1. The van der Waals surface area contributed by atoms with Gasteiger partial charge in [0.25, 0.3) is 0 Å². The average molecular weight is 332 g/mol. The fourth-order valence-corrected chi connectivity index (χ4v) is 3.46. The summed E-state index contributed by atoms with van der Waals surface area (Å²) >= 11 is 0. The minimum Gasteiger partial charge on any atom is -0.444 e. The third-order valence-electron chi connectivity index (χ3n) is 4.33. The quantitative estimate of drug-likeness (QED) is 0.824. The summed E-state index contributed by atoms with van der Waals surface area (Å²) in [4.78, 5) is 17.1. The van der Waals surface area contributed by atoms with E-state index in [1.807, 2.05) is 31.7 Å². The van der Waals surface area contributed by atoms with E-state index >= 15 is 0 Å². The van der Waals surface area contributed by atoms with Gasteiger partial charge in [-0.1, -0.05) is 43.7 Å². The lowest BCUT2D eigenvalue weighted by Crippen LogP contribution is -2.60. The van der Waals surface area contributed by atoms with Gasteiger partial charge in [0.05, 0.1) is 0 Å². The molecule has 2 unspecified atom stereocenters. The van der Waals surface area contributed by atoms with Crippen LogP contribution in [0.2, 0.25) is 0 Å². The highest BCUT2D eigenvalue weighted by atomic mass is 16.6. The zero-order valence-electron chi connectivity index (χ0n) is 15.8. The van der Waals surface area contributed by atoms with E-state index in [1.54, 1.807) is 0 Å². The molecule has 2 atom stereocenters. The van der Waals surface area contributed by atoms with Gasteiger partial charge >= 0.3 is 6.09 Å². The van der Waals surface area contributed by atoms with E-state index in [0.29, 0.717) is 0 Å². The maximum absolute atomic E-state index is 12.7. The lowest BCUT2D eigenvalue weighted by molar-refractivity contribution is -0.0214. The molecule has 4 heteroatoms. The van der Waals surface area contributed by atoms with Crippen molar-refractivity contribution in [2.75, 3.05) is 13.1 Å². The fourth-order valence-electron chi connectivity index (χ4n) is 3.46. The largest absolute Gasteiger partial charge is 0.444 e. The molecule has 24 heavy (non-hydrogen) atoms. The third-order valence-corrected chi connectivity index (χ3v) is 4.33. The van der Waals surface area contributed by atoms with Crippen LogP contribution in [0.1, 0.15) is 53.0 Å². The first-order chi connectivity index (χ1) is 11.3. The van der Waals surface area contributed by atoms with Crippen LogP contribution in [-0.4, -0.2) is 46.7 Å². The molecule has 1 fully saturated rings. The highest BCUT2D eigenvalue weighted by molar-refractivity contribution is 5.69. The predicted molar refractivity (Wildman–Crippen MR) is 98.0 cm³/mol. The van der Waals surface area contributed by atoms with Crippen molar-refractivity contribution in [1.29, 1.82) is 0 Å². The van der Waals surface area contributed by atoms with Gasteiger partial charge in [-0.3, -0.25) is 9.80 Å². The van der Waals surface area contributed by atoms with Gasteiger partial charge in [-0.2, -0.15) is 0 Å². The Bertz CT molecular complexity index is 524. The summed E-state index contributed by atoms with van der Waals surface area (Å²) in [6, 6.07) is 10.9. The number of amides is 1. The molecule has 1 saturated heterocycles. The van der Waals surface area contributed by atoms with Crippen LogP contribution in [0.15, 0.2) is 30.3 Å². The van der Waals surface area contributed by atoms with Crippen LogP contribution in [0.5, 0.6) is 0 Å². The van der Waals surface area contributed by atoms with Crippen molar-refractivity contribution in [2.45, 2.75) is 71.7 Å². The molecule has 0 spiro atoms. The van der Waals surface area contributed by atoms with Gasteiger partial charge in [0.1, 0.15) is 5.60 Å². The highest BCUT2D eigenvalue weighted by Crippen LogP contribution is 2.24. The molecule has 0 bridgehead atoms. The lowest BCUT2D eigenvalue weighted by Gasteiger charge is -2.45. The zero-order chi connectivity index (χ0) is 17.7. The molecule has 0 aromatic heterocycles. The van der Waals surface area contributed by atoms with Gasteiger partial charge in [0.2, 0.25) is 0 Å². The van der Waals surface area contributed by atoms with E-state index in [4.69, 9.17) is 4.74 Å². The molecule has 1 aliphatic heterocycles. The van der Waals surface area contributed by atoms with Crippen LogP contribution in [0.25, 0.3) is 0 Å². The van der Waals surface area contributed by atoms with Crippen molar-refractivity contribution in [1.82, 2.24) is 9.80 Å². The molecule has 1 aliphatic rings. The van der Waals surface area contributed by atoms with Gasteiger partial charge in [-0.05, 0) is 39.7 Å². The van der Waals surface area contributed by atoms with E-state index in [2.05, 4.69) is 43.0 Å². The van der Waals surface area contributed by atoms with Crippen molar-refractivity contribution < 1.29 is 9.53 Å². The van der Waals surface area contributed by atoms with Crippen molar-refractivity contribution in [3.05, 3.63) is 35.9 Å². The van der Waals surface area contributed by atoms with Crippen LogP contribution < -0.4 is 0 Å². The van der Waals surface area contributed by atoms with E-state index in [9.17, 15) is 4.79 Å². The zero-order valence-corrected chi connectivity index (χ0v) is 15.8. The Balaban J connectivity index is 2.07. The molecule has 0 radical (unpaired) electrons. The summed E-state index contributed by atoms with van der Waals surface area (Å²) in [7, 11) is 0. The molecule has 0 aliphatic carbocycles. The van der Waals surface area contributed by atoms with Gasteiger partial charge in [-0.25, -0.2) is 4.79 Å². The standard InChI is InChI=1S/C20H32N2O2/c1-6-10-18-15-21(14-17-11-8-7-9-12-17)13-16(2)22(18)19(23)24-20(3,4)5/h7-9,11-12,16,18H,6,10,13-15H2,1-5H3. The molecule has 1 aromatic carbocycles. The third kappa shape index (κ3) is 5.23. The van der Waals surface area contributed by atoms with Crippen LogP contribution in [-0.2, 0) is 11.3 Å². The molecular formula is C20H32N2O2. The summed E-state index contributed by atoms with van der Waals surface area (Å²) in [5.74, 6) is 0. The summed E-state index contributed by atoms with van der Waals surface area (Å²) in [6.45, 7) is 12.8. The predicted octanol–water partition coefficient (Wildman–Crippen LogP) is 4.30. The van der Waals surface area contributed by atoms with Crippen molar-refractivity contribution in [2.24, 2.45) is 0 Å². The van der Waals surface area contributed by atoms with E-state index in [1.165, 1.54) is 5.56 Å². The van der Waals surface area contributed by atoms with Crippen molar-refractivity contribution >= 4 is 6.09 Å². The normalized spacial score (nSPS) is 22.5. The molecule has 1 amide bonds. The monoisotopic (exact) mass is 332 g/mol. The molecule has 0 N–H and O–H groups in total. The number of benzene rings is 1. The smallest absolute Gasteiger partial charge is 0.410 e. The van der Waals surface area contributed by atoms with Gasteiger partial charge in [0.15, 0.2) is 0 Å². The van der Waals surface area contributed by atoms with Crippen LogP contribution in [0.3, 0.4) is 0 Å². The Labute approximate surface area is 146 Å². The first kappa shape index (κ1) is 18.8. The Morgan fingerprint density at radius 3 is 2.46 bits per heavy atom. The summed E-state index contributed by atoms with van der Waals surface area (Å²) in [6.07, 6.45) is 1.90. The second kappa shape index (κ2) is 8.02. The van der Waals surface area contributed by atoms with Crippen LogP contribution in [0.4, 0.5) is 4.79 Å². The average Bonchev–Trinajstić information content (AvgIpc) is 2.46. The number of carbonyl (C=O) groups is 1. The highest BCUT2D eigenvalue weighted by Gasteiger charge is 2.37. The van der Waals surface area contributed by atoms with E-state index in [-0.39, 0.29) is 18.2 Å². The first-order valence-electron chi connectivity index (χ1n) is 9.07. The van der Waals surface area contributed by atoms with E-state index in [0.717, 1.165) is 32.5 Å². The maximum atomic E-state index is 12.7. The summed E-state index contributed by atoms with van der Waals surface area (Å²) < 4.78 is 5.65. The SMILES string of the molecule is CCCC1CN(Cc2ccccc2)CC(C)N1C(=O)OC(C)(C)C. The number of rotatable bonds is 4. The number of hydrogen-bond acceptors (Lipinski definition) is 3. The summed E-state index contributed by atoms with van der Waals surface area (Å²) in [5, 5.41) is 0. The summed E-state index contributed by atoms with van der Waals surface area (Å²) in [5.41, 5.74) is 0.875. The molecule has 2 rings (SSSR count). The van der Waals surface area contributed by atoms with Gasteiger partial charge in [-0.15, -0.1) is 0 Å². The molecule has 1 heterocycles. The number of piperazine rings is 1. The number of carbonyl (C=O) groups excluding carboxylic acids is 1. The minimum atomic E-state index is -0.450. The second-order valence-electron chi connectivity index (χ2n) is 7.86. The van der Waals surface area contributed by atoms with Crippen molar-refractivity contribution in [3.8, 4) is 0 Å². The van der Waals surface area contributed by atoms with Crippen LogP contribution >= 0.6 is 0 Å². The minimum absolute atomic E-state index is 0.161. The van der Waals surface area contributed by atoms with E-state index < -0.39 is 5.60 Å². The molecule has 4 nitrogen and oxygen atoms in total. The van der Waals surface area contributed by atoms with Crippen molar-refractivity contribution in [3.63, 3.8) is 0 Å². The topological polar surface area (TPSA) is 32.8 Å². The molecule has 134 valence electrons. The molecule has 0 saturated carbocycles. The van der Waals surface area contributed by atoms with Crippen LogP contribution in [0, 0.1) is 0 Å². The Hall–Kier alpha value is -1.55. The number of hydrogen-bond donors (Lipinski definition) is 0. The Morgan fingerprint density at radius 2 is 1.88 bits per heavy atom. The fraction of sp³-hybridized carbons (Fsp3) is 0.650.